The van der Waals surface area contributed by atoms with E-state index in [9.17, 15) is 13.2 Å². The molecule has 114 valence electrons. The molecule has 0 radical (unpaired) electrons. The van der Waals surface area contributed by atoms with E-state index in [0.29, 0.717) is 13.1 Å². The van der Waals surface area contributed by atoms with E-state index in [1.54, 1.807) is 11.3 Å². The number of hydrogen-bond acceptors (Lipinski definition) is 3. The maximum atomic E-state index is 12.7. The second-order valence-electron chi connectivity index (χ2n) is 5.32. The van der Waals surface area contributed by atoms with Crippen molar-refractivity contribution in [2.75, 3.05) is 13.1 Å². The largest absolute Gasteiger partial charge is 0.391 e. The summed E-state index contributed by atoms with van der Waals surface area (Å²) in [6, 6.07) is 1.90. The zero-order valence-corrected chi connectivity index (χ0v) is 13.6. The molecule has 20 heavy (non-hydrogen) atoms. The van der Waals surface area contributed by atoms with Crippen molar-refractivity contribution in [2.24, 2.45) is 11.7 Å². The van der Waals surface area contributed by atoms with Gasteiger partial charge in [0.25, 0.3) is 0 Å². The van der Waals surface area contributed by atoms with Crippen molar-refractivity contribution in [2.45, 2.75) is 38.0 Å². The third kappa shape index (κ3) is 3.75. The Labute approximate surface area is 129 Å². The molecule has 1 saturated heterocycles. The van der Waals surface area contributed by atoms with E-state index in [4.69, 9.17) is 5.73 Å². The number of piperidine rings is 1. The first-order chi connectivity index (χ1) is 9.29. The first-order valence-corrected chi connectivity index (χ1v) is 8.26. The number of hydrogen-bond donors (Lipinski definition) is 1. The highest BCUT2D eigenvalue weighted by Crippen LogP contribution is 2.38. The van der Waals surface area contributed by atoms with Gasteiger partial charge in [-0.1, -0.05) is 0 Å². The van der Waals surface area contributed by atoms with Crippen LogP contribution in [0, 0.1) is 5.92 Å². The molecule has 0 bridgehead atoms. The molecule has 0 amide bonds. The molecule has 1 fully saturated rings. The van der Waals surface area contributed by atoms with E-state index < -0.39 is 12.1 Å². The monoisotopic (exact) mass is 370 g/mol. The fourth-order valence-corrected chi connectivity index (χ4v) is 4.45. The molecule has 7 heteroatoms. The Kier molecular flexibility index (Phi) is 5.15. The Balaban J connectivity index is 2.06. The summed E-state index contributed by atoms with van der Waals surface area (Å²) in [5.74, 6) is -1.16. The van der Waals surface area contributed by atoms with Crippen molar-refractivity contribution in [1.29, 1.82) is 0 Å². The molecule has 1 aromatic heterocycles. The van der Waals surface area contributed by atoms with Gasteiger partial charge < -0.3 is 5.73 Å². The maximum absolute atomic E-state index is 12.7. The Bertz CT molecular complexity index is 439. The SMILES string of the molecule is CC(N)C(c1cc(Br)cs1)N1CCC(C(F)(F)F)CC1. The molecule has 2 unspecified atom stereocenters. The van der Waals surface area contributed by atoms with Gasteiger partial charge in [0.05, 0.1) is 12.0 Å². The molecular formula is C13H18BrF3N2S. The number of nitrogens with two attached hydrogens (primary N) is 1. The third-order valence-electron chi connectivity index (χ3n) is 3.76. The number of likely N-dealkylation sites (tertiary alicyclic amines) is 1. The first-order valence-electron chi connectivity index (χ1n) is 6.59. The number of nitrogens with zero attached hydrogens (tertiary/aromatic N) is 1. The molecule has 1 aliphatic heterocycles. The van der Waals surface area contributed by atoms with Crippen LogP contribution in [0.5, 0.6) is 0 Å². The number of halogens is 4. The van der Waals surface area contributed by atoms with E-state index in [1.165, 1.54) is 0 Å². The van der Waals surface area contributed by atoms with Crippen LogP contribution in [0.15, 0.2) is 15.9 Å². The van der Waals surface area contributed by atoms with Gasteiger partial charge in [-0.15, -0.1) is 11.3 Å². The molecule has 0 spiro atoms. The normalized spacial score (nSPS) is 21.9. The van der Waals surface area contributed by atoms with Crippen molar-refractivity contribution >= 4 is 27.3 Å². The van der Waals surface area contributed by atoms with Crippen LogP contribution in [-0.4, -0.2) is 30.2 Å². The lowest BCUT2D eigenvalue weighted by Crippen LogP contribution is -2.45. The van der Waals surface area contributed by atoms with Gasteiger partial charge in [0.15, 0.2) is 0 Å². The molecule has 1 aliphatic rings. The van der Waals surface area contributed by atoms with Crippen LogP contribution in [0.4, 0.5) is 13.2 Å². The van der Waals surface area contributed by atoms with Crippen LogP contribution < -0.4 is 5.73 Å². The fraction of sp³-hybridized carbons (Fsp3) is 0.692. The molecule has 0 aromatic carbocycles. The quantitative estimate of drug-likeness (QED) is 0.864. The van der Waals surface area contributed by atoms with Crippen molar-refractivity contribution in [3.05, 3.63) is 20.8 Å². The topological polar surface area (TPSA) is 29.3 Å². The Hall–Kier alpha value is -0.110. The molecule has 2 atom stereocenters. The second-order valence-corrected chi connectivity index (χ2v) is 7.18. The van der Waals surface area contributed by atoms with Gasteiger partial charge in [-0.2, -0.15) is 13.2 Å². The van der Waals surface area contributed by atoms with E-state index in [0.717, 1.165) is 9.35 Å². The Morgan fingerprint density at radius 2 is 2.00 bits per heavy atom. The van der Waals surface area contributed by atoms with E-state index in [1.807, 2.05) is 18.4 Å². The molecule has 0 saturated carbocycles. The summed E-state index contributed by atoms with van der Waals surface area (Å²) < 4.78 is 39.1. The summed E-state index contributed by atoms with van der Waals surface area (Å²) in [6.45, 7) is 2.81. The summed E-state index contributed by atoms with van der Waals surface area (Å²) in [5, 5.41) is 1.98. The Morgan fingerprint density at radius 3 is 2.40 bits per heavy atom. The zero-order chi connectivity index (χ0) is 14.9. The highest BCUT2D eigenvalue weighted by atomic mass is 79.9. The molecule has 2 heterocycles. The predicted molar refractivity (Wildman–Crippen MR) is 78.8 cm³/mol. The van der Waals surface area contributed by atoms with E-state index in [-0.39, 0.29) is 24.9 Å². The molecule has 2 N–H and O–H groups in total. The van der Waals surface area contributed by atoms with Gasteiger partial charge in [0.2, 0.25) is 0 Å². The third-order valence-corrected chi connectivity index (χ3v) is 5.53. The van der Waals surface area contributed by atoms with Crippen LogP contribution in [0.3, 0.4) is 0 Å². The van der Waals surface area contributed by atoms with Gasteiger partial charge >= 0.3 is 6.18 Å². The standard InChI is InChI=1S/C13H18BrF3N2S/c1-8(18)12(11-6-10(14)7-20-11)19-4-2-9(3-5-19)13(15,16)17/h6-9,12H,2-5,18H2,1H3. The van der Waals surface area contributed by atoms with E-state index in [2.05, 4.69) is 20.8 Å². The summed E-state index contributed by atoms with van der Waals surface area (Å²) in [4.78, 5) is 3.20. The highest BCUT2D eigenvalue weighted by molar-refractivity contribution is 9.10. The molecular weight excluding hydrogens is 353 g/mol. The van der Waals surface area contributed by atoms with E-state index >= 15 is 0 Å². The number of thiophene rings is 1. The summed E-state index contributed by atoms with van der Waals surface area (Å²) in [5.41, 5.74) is 6.06. The average Bonchev–Trinajstić information content (AvgIpc) is 2.75. The van der Waals surface area contributed by atoms with Crippen molar-refractivity contribution < 1.29 is 13.2 Å². The predicted octanol–water partition coefficient (Wildman–Crippen LogP) is 4.17. The van der Waals surface area contributed by atoms with Gasteiger partial charge in [-0.3, -0.25) is 4.90 Å². The van der Waals surface area contributed by atoms with Gasteiger partial charge in [0.1, 0.15) is 0 Å². The fourth-order valence-electron chi connectivity index (χ4n) is 2.76. The first kappa shape index (κ1) is 16.3. The molecule has 1 aromatic rings. The van der Waals surface area contributed by atoms with Gasteiger partial charge in [-0.25, -0.2) is 0 Å². The van der Waals surface area contributed by atoms with Crippen LogP contribution >= 0.6 is 27.3 Å². The minimum Gasteiger partial charge on any atom is -0.326 e. The van der Waals surface area contributed by atoms with Crippen LogP contribution in [0.2, 0.25) is 0 Å². The minimum absolute atomic E-state index is 0.000448. The van der Waals surface area contributed by atoms with Crippen molar-refractivity contribution in [3.8, 4) is 0 Å². The Morgan fingerprint density at radius 1 is 1.40 bits per heavy atom. The highest BCUT2D eigenvalue weighted by Gasteiger charge is 2.42. The lowest BCUT2D eigenvalue weighted by molar-refractivity contribution is -0.186. The summed E-state index contributed by atoms with van der Waals surface area (Å²) in [6.07, 6.45) is -3.74. The minimum atomic E-state index is -4.07. The lowest BCUT2D eigenvalue weighted by atomic mass is 9.94. The van der Waals surface area contributed by atoms with Gasteiger partial charge in [0, 0.05) is 20.8 Å². The summed E-state index contributed by atoms with van der Waals surface area (Å²) in [7, 11) is 0. The molecule has 0 aliphatic carbocycles. The number of alkyl halides is 3. The lowest BCUT2D eigenvalue weighted by Gasteiger charge is -2.39. The average molecular weight is 371 g/mol. The smallest absolute Gasteiger partial charge is 0.326 e. The van der Waals surface area contributed by atoms with Crippen LogP contribution in [0.1, 0.15) is 30.7 Å². The van der Waals surface area contributed by atoms with Crippen molar-refractivity contribution in [3.63, 3.8) is 0 Å². The second kappa shape index (κ2) is 6.34. The zero-order valence-electron chi connectivity index (χ0n) is 11.2. The van der Waals surface area contributed by atoms with Crippen LogP contribution in [-0.2, 0) is 0 Å². The molecule has 2 rings (SSSR count). The van der Waals surface area contributed by atoms with Crippen LogP contribution in [0.25, 0.3) is 0 Å². The van der Waals surface area contributed by atoms with Crippen molar-refractivity contribution in [1.82, 2.24) is 4.90 Å². The number of rotatable bonds is 3. The summed E-state index contributed by atoms with van der Waals surface area (Å²) >= 11 is 5.01. The molecule has 2 nitrogen and oxygen atoms in total. The maximum Gasteiger partial charge on any atom is 0.391 e. The van der Waals surface area contributed by atoms with Gasteiger partial charge in [-0.05, 0) is 54.9 Å².